The molecule has 0 saturated carbocycles. The maximum Gasteiger partial charge on any atom is 0.415 e. The van der Waals surface area contributed by atoms with Crippen molar-refractivity contribution in [3.05, 3.63) is 29.8 Å². The summed E-state index contributed by atoms with van der Waals surface area (Å²) in [5.74, 6) is 0.168. The Balaban J connectivity index is 2.47. The SMILES string of the molecule is CC(C)CNCc1cccc(SCC(O)C(F)(F)F)c1. The van der Waals surface area contributed by atoms with Crippen molar-refractivity contribution in [2.24, 2.45) is 5.92 Å². The predicted molar refractivity (Wildman–Crippen MR) is 75.8 cm³/mol. The lowest BCUT2D eigenvalue weighted by Gasteiger charge is -2.14. The number of thioether (sulfide) groups is 1. The van der Waals surface area contributed by atoms with Crippen molar-refractivity contribution >= 4 is 11.8 Å². The minimum atomic E-state index is -4.55. The molecule has 0 aliphatic rings. The Hall–Kier alpha value is -0.720. The van der Waals surface area contributed by atoms with Crippen molar-refractivity contribution in [3.63, 3.8) is 0 Å². The monoisotopic (exact) mass is 307 g/mol. The van der Waals surface area contributed by atoms with Gasteiger partial charge in [-0.1, -0.05) is 26.0 Å². The number of aliphatic hydroxyl groups is 1. The Morgan fingerprint density at radius 1 is 1.30 bits per heavy atom. The molecule has 0 aliphatic heterocycles. The summed E-state index contributed by atoms with van der Waals surface area (Å²) in [6.45, 7) is 5.80. The summed E-state index contributed by atoms with van der Waals surface area (Å²) in [5, 5.41) is 12.2. The van der Waals surface area contributed by atoms with Gasteiger partial charge in [0.15, 0.2) is 6.10 Å². The average Bonchev–Trinajstić information content (AvgIpc) is 2.35. The molecule has 0 bridgehead atoms. The van der Waals surface area contributed by atoms with E-state index in [1.54, 1.807) is 6.07 Å². The number of hydrogen-bond donors (Lipinski definition) is 2. The molecule has 0 aliphatic carbocycles. The van der Waals surface area contributed by atoms with Crippen molar-refractivity contribution < 1.29 is 18.3 Å². The molecule has 2 nitrogen and oxygen atoms in total. The van der Waals surface area contributed by atoms with Crippen LogP contribution in [-0.2, 0) is 6.54 Å². The number of halogens is 3. The minimum absolute atomic E-state index is 0.383. The van der Waals surface area contributed by atoms with E-state index in [1.165, 1.54) is 0 Å². The Morgan fingerprint density at radius 2 is 2.00 bits per heavy atom. The fourth-order valence-corrected chi connectivity index (χ4v) is 2.47. The van der Waals surface area contributed by atoms with Crippen LogP contribution in [0, 0.1) is 5.92 Å². The number of nitrogens with one attached hydrogen (secondary N) is 1. The molecule has 0 spiro atoms. The van der Waals surface area contributed by atoms with Gasteiger partial charge in [-0.05, 0) is 30.2 Å². The van der Waals surface area contributed by atoms with Gasteiger partial charge in [-0.15, -0.1) is 11.8 Å². The van der Waals surface area contributed by atoms with Gasteiger partial charge in [0.05, 0.1) is 0 Å². The molecule has 0 saturated heterocycles. The van der Waals surface area contributed by atoms with Gasteiger partial charge in [0, 0.05) is 17.2 Å². The maximum atomic E-state index is 12.2. The van der Waals surface area contributed by atoms with Crippen molar-refractivity contribution in [1.29, 1.82) is 0 Å². The number of rotatable bonds is 7. The van der Waals surface area contributed by atoms with E-state index < -0.39 is 12.3 Å². The molecule has 1 aromatic rings. The summed E-state index contributed by atoms with van der Waals surface area (Å²) in [5.41, 5.74) is 1.03. The summed E-state index contributed by atoms with van der Waals surface area (Å²) in [7, 11) is 0. The highest BCUT2D eigenvalue weighted by molar-refractivity contribution is 7.99. The van der Waals surface area contributed by atoms with E-state index in [0.29, 0.717) is 12.5 Å². The Bertz CT molecular complexity index is 410. The highest BCUT2D eigenvalue weighted by Crippen LogP contribution is 2.27. The van der Waals surface area contributed by atoms with Crippen molar-refractivity contribution in [2.45, 2.75) is 37.6 Å². The van der Waals surface area contributed by atoms with Crippen molar-refractivity contribution in [2.75, 3.05) is 12.3 Å². The van der Waals surface area contributed by atoms with E-state index in [0.717, 1.165) is 28.8 Å². The molecule has 0 fully saturated rings. The van der Waals surface area contributed by atoms with Crippen molar-refractivity contribution in [1.82, 2.24) is 5.32 Å². The maximum absolute atomic E-state index is 12.2. The number of alkyl halides is 3. The molecule has 1 atom stereocenters. The van der Waals surface area contributed by atoms with Crippen LogP contribution in [0.1, 0.15) is 19.4 Å². The third-order valence-corrected chi connectivity index (χ3v) is 3.64. The van der Waals surface area contributed by atoms with Crippen LogP contribution in [0.5, 0.6) is 0 Å². The van der Waals surface area contributed by atoms with E-state index in [2.05, 4.69) is 19.2 Å². The second kappa shape index (κ2) is 7.90. The Kier molecular flexibility index (Phi) is 6.85. The van der Waals surface area contributed by atoms with Crippen LogP contribution < -0.4 is 5.32 Å². The zero-order chi connectivity index (χ0) is 15.2. The van der Waals surface area contributed by atoms with Crippen LogP contribution in [0.15, 0.2) is 29.2 Å². The highest BCUT2D eigenvalue weighted by atomic mass is 32.2. The van der Waals surface area contributed by atoms with E-state index in [-0.39, 0.29) is 5.75 Å². The van der Waals surface area contributed by atoms with Gasteiger partial charge in [0.2, 0.25) is 0 Å². The zero-order valence-corrected chi connectivity index (χ0v) is 12.4. The van der Waals surface area contributed by atoms with E-state index in [1.807, 2.05) is 18.2 Å². The van der Waals surface area contributed by atoms with Crippen LogP contribution in [0.2, 0.25) is 0 Å². The Morgan fingerprint density at radius 3 is 2.60 bits per heavy atom. The molecule has 0 amide bonds. The molecular weight excluding hydrogens is 287 g/mol. The number of benzene rings is 1. The molecule has 0 aromatic heterocycles. The molecule has 0 heterocycles. The second-order valence-electron chi connectivity index (χ2n) is 5.04. The van der Waals surface area contributed by atoms with Gasteiger partial charge in [0.25, 0.3) is 0 Å². The first-order valence-electron chi connectivity index (χ1n) is 6.46. The Labute approximate surface area is 121 Å². The zero-order valence-electron chi connectivity index (χ0n) is 11.6. The molecule has 2 N–H and O–H groups in total. The largest absolute Gasteiger partial charge is 0.415 e. The summed E-state index contributed by atoms with van der Waals surface area (Å²) >= 11 is 1.01. The first kappa shape index (κ1) is 17.3. The lowest BCUT2D eigenvalue weighted by atomic mass is 10.2. The van der Waals surface area contributed by atoms with Gasteiger partial charge >= 0.3 is 6.18 Å². The van der Waals surface area contributed by atoms with Gasteiger partial charge in [-0.25, -0.2) is 0 Å². The average molecular weight is 307 g/mol. The van der Waals surface area contributed by atoms with Crippen LogP contribution >= 0.6 is 11.8 Å². The van der Waals surface area contributed by atoms with Crippen LogP contribution in [0.4, 0.5) is 13.2 Å². The van der Waals surface area contributed by atoms with E-state index in [9.17, 15) is 13.2 Å². The topological polar surface area (TPSA) is 32.3 Å². The molecule has 1 unspecified atom stereocenters. The second-order valence-corrected chi connectivity index (χ2v) is 6.13. The third kappa shape index (κ3) is 6.63. The van der Waals surface area contributed by atoms with Crippen LogP contribution in [0.3, 0.4) is 0 Å². The fraction of sp³-hybridized carbons (Fsp3) is 0.571. The van der Waals surface area contributed by atoms with E-state index in [4.69, 9.17) is 5.11 Å². The molecular formula is C14H20F3NOS. The lowest BCUT2D eigenvalue weighted by Crippen LogP contribution is -2.30. The van der Waals surface area contributed by atoms with E-state index >= 15 is 0 Å². The lowest BCUT2D eigenvalue weighted by molar-refractivity contribution is -0.195. The smallest absolute Gasteiger partial charge is 0.383 e. The number of aliphatic hydroxyl groups excluding tert-OH is 1. The van der Waals surface area contributed by atoms with Gasteiger partial charge in [-0.2, -0.15) is 13.2 Å². The van der Waals surface area contributed by atoms with Crippen LogP contribution in [-0.4, -0.2) is 29.7 Å². The fourth-order valence-electron chi connectivity index (χ4n) is 1.52. The first-order valence-corrected chi connectivity index (χ1v) is 7.45. The summed E-state index contributed by atoms with van der Waals surface area (Å²) in [4.78, 5) is 0.733. The van der Waals surface area contributed by atoms with Gasteiger partial charge < -0.3 is 10.4 Å². The molecule has 0 radical (unpaired) electrons. The minimum Gasteiger partial charge on any atom is -0.383 e. The predicted octanol–water partition coefficient (Wildman–Crippen LogP) is 3.45. The first-order chi connectivity index (χ1) is 9.29. The third-order valence-electron chi connectivity index (χ3n) is 2.57. The standard InChI is InChI=1S/C14H20F3NOS/c1-10(2)7-18-8-11-4-3-5-12(6-11)20-9-13(19)14(15,16)17/h3-6,10,13,18-19H,7-9H2,1-2H3. The quantitative estimate of drug-likeness (QED) is 0.757. The van der Waals surface area contributed by atoms with Crippen LogP contribution in [0.25, 0.3) is 0 Å². The summed E-state index contributed by atoms with van der Waals surface area (Å²) < 4.78 is 36.6. The van der Waals surface area contributed by atoms with Gasteiger partial charge in [0.1, 0.15) is 0 Å². The highest BCUT2D eigenvalue weighted by Gasteiger charge is 2.37. The summed E-state index contributed by atoms with van der Waals surface area (Å²) in [6.07, 6.45) is -6.83. The number of hydrogen-bond acceptors (Lipinski definition) is 3. The normalized spacial score (nSPS) is 13.8. The molecule has 114 valence electrons. The molecule has 6 heteroatoms. The van der Waals surface area contributed by atoms with Gasteiger partial charge in [-0.3, -0.25) is 0 Å². The molecule has 1 aromatic carbocycles. The summed E-state index contributed by atoms with van der Waals surface area (Å²) in [6, 6.07) is 7.34. The molecule has 20 heavy (non-hydrogen) atoms. The van der Waals surface area contributed by atoms with Crippen molar-refractivity contribution in [3.8, 4) is 0 Å². The molecule has 1 rings (SSSR count).